The SMILES string of the molecule is Cn1cc(-c2ccc3nc(NC(=O)c4ncccc4Cl)cn3n2)c(-c2ccc(F)cc2)n1. The number of hydrogen-bond donors (Lipinski definition) is 1. The highest BCUT2D eigenvalue weighted by atomic mass is 35.5. The third-order valence-electron chi connectivity index (χ3n) is 4.76. The first-order valence-electron chi connectivity index (χ1n) is 9.56. The Hall–Kier alpha value is -4.11. The molecule has 0 aliphatic rings. The number of halogens is 2. The maximum Gasteiger partial charge on any atom is 0.277 e. The molecule has 1 amide bonds. The molecule has 32 heavy (non-hydrogen) atoms. The fourth-order valence-electron chi connectivity index (χ4n) is 3.31. The zero-order valence-electron chi connectivity index (χ0n) is 16.7. The van der Waals surface area contributed by atoms with Gasteiger partial charge in [0.25, 0.3) is 5.91 Å². The second-order valence-electron chi connectivity index (χ2n) is 7.01. The molecule has 0 saturated carbocycles. The van der Waals surface area contributed by atoms with Gasteiger partial charge in [-0.2, -0.15) is 10.2 Å². The normalized spacial score (nSPS) is 11.1. The third kappa shape index (κ3) is 3.69. The van der Waals surface area contributed by atoms with Gasteiger partial charge in [0.2, 0.25) is 0 Å². The molecule has 10 heteroatoms. The summed E-state index contributed by atoms with van der Waals surface area (Å²) in [6.07, 6.45) is 4.93. The van der Waals surface area contributed by atoms with Gasteiger partial charge in [-0.3, -0.25) is 9.48 Å². The van der Waals surface area contributed by atoms with Gasteiger partial charge in [-0.1, -0.05) is 11.6 Å². The summed E-state index contributed by atoms with van der Waals surface area (Å²) in [5.74, 6) is -0.470. The molecule has 0 aliphatic heterocycles. The molecule has 0 saturated heterocycles. The van der Waals surface area contributed by atoms with E-state index >= 15 is 0 Å². The van der Waals surface area contributed by atoms with E-state index in [1.807, 2.05) is 19.3 Å². The fraction of sp³-hybridized carbons (Fsp3) is 0.0455. The number of anilines is 1. The Kier molecular flexibility index (Phi) is 4.87. The monoisotopic (exact) mass is 447 g/mol. The van der Waals surface area contributed by atoms with Crippen molar-refractivity contribution in [1.29, 1.82) is 0 Å². The minimum absolute atomic E-state index is 0.110. The Bertz CT molecular complexity index is 1460. The number of carbonyl (C=O) groups is 1. The first-order chi connectivity index (χ1) is 15.5. The second kappa shape index (κ2) is 7.86. The van der Waals surface area contributed by atoms with Crippen LogP contribution in [-0.2, 0) is 7.05 Å². The Balaban J connectivity index is 1.48. The van der Waals surface area contributed by atoms with Crippen LogP contribution >= 0.6 is 11.6 Å². The molecule has 0 atom stereocenters. The molecular weight excluding hydrogens is 433 g/mol. The molecule has 5 aromatic rings. The maximum atomic E-state index is 13.3. The summed E-state index contributed by atoms with van der Waals surface area (Å²) >= 11 is 6.04. The number of aryl methyl sites for hydroxylation is 1. The number of rotatable bonds is 4. The van der Waals surface area contributed by atoms with Crippen molar-refractivity contribution in [2.45, 2.75) is 0 Å². The molecule has 0 bridgehead atoms. The molecule has 158 valence electrons. The summed E-state index contributed by atoms with van der Waals surface area (Å²) in [7, 11) is 1.81. The highest BCUT2D eigenvalue weighted by Crippen LogP contribution is 2.30. The molecular formula is C22H15ClFN7O. The highest BCUT2D eigenvalue weighted by molar-refractivity contribution is 6.34. The molecule has 5 rings (SSSR count). The molecule has 4 aromatic heterocycles. The van der Waals surface area contributed by atoms with Crippen molar-refractivity contribution in [3.05, 3.63) is 83.7 Å². The smallest absolute Gasteiger partial charge is 0.277 e. The van der Waals surface area contributed by atoms with E-state index < -0.39 is 5.91 Å². The van der Waals surface area contributed by atoms with Crippen LogP contribution in [0.2, 0.25) is 5.02 Å². The number of imidazole rings is 1. The van der Waals surface area contributed by atoms with E-state index in [-0.39, 0.29) is 16.5 Å². The molecule has 4 heterocycles. The number of fused-ring (bicyclic) bond motifs is 1. The van der Waals surface area contributed by atoms with E-state index in [4.69, 9.17) is 11.6 Å². The molecule has 1 aromatic carbocycles. The summed E-state index contributed by atoms with van der Waals surface area (Å²) < 4.78 is 16.6. The Morgan fingerprint density at radius 2 is 1.88 bits per heavy atom. The number of aromatic nitrogens is 6. The lowest BCUT2D eigenvalue weighted by Gasteiger charge is -2.03. The minimum Gasteiger partial charge on any atom is -0.304 e. The fourth-order valence-corrected chi connectivity index (χ4v) is 3.52. The van der Waals surface area contributed by atoms with E-state index in [9.17, 15) is 9.18 Å². The largest absolute Gasteiger partial charge is 0.304 e. The van der Waals surface area contributed by atoms with Gasteiger partial charge in [-0.05, 0) is 48.5 Å². The van der Waals surface area contributed by atoms with Gasteiger partial charge in [-0.15, -0.1) is 0 Å². The summed E-state index contributed by atoms with van der Waals surface area (Å²) in [5.41, 5.74) is 3.53. The van der Waals surface area contributed by atoms with Gasteiger partial charge < -0.3 is 5.32 Å². The predicted molar refractivity (Wildman–Crippen MR) is 118 cm³/mol. The van der Waals surface area contributed by atoms with Gasteiger partial charge in [0.15, 0.2) is 11.5 Å². The van der Waals surface area contributed by atoms with Crippen LogP contribution in [0, 0.1) is 5.82 Å². The van der Waals surface area contributed by atoms with Crippen LogP contribution in [0.4, 0.5) is 10.2 Å². The Morgan fingerprint density at radius 3 is 2.66 bits per heavy atom. The van der Waals surface area contributed by atoms with Crippen molar-refractivity contribution in [3.63, 3.8) is 0 Å². The van der Waals surface area contributed by atoms with Crippen LogP contribution < -0.4 is 5.32 Å². The quantitative estimate of drug-likeness (QED) is 0.445. The number of amides is 1. The van der Waals surface area contributed by atoms with Crippen molar-refractivity contribution in [2.24, 2.45) is 7.05 Å². The van der Waals surface area contributed by atoms with Crippen LogP contribution in [0.1, 0.15) is 10.5 Å². The molecule has 0 spiro atoms. The van der Waals surface area contributed by atoms with E-state index in [2.05, 4.69) is 25.5 Å². The van der Waals surface area contributed by atoms with Gasteiger partial charge in [0, 0.05) is 30.6 Å². The topological polar surface area (TPSA) is 90.0 Å². The number of carbonyl (C=O) groups excluding carboxylic acids is 1. The molecule has 0 aliphatic carbocycles. The van der Waals surface area contributed by atoms with Gasteiger partial charge in [0.05, 0.1) is 16.9 Å². The average Bonchev–Trinajstić information content (AvgIpc) is 3.36. The average molecular weight is 448 g/mol. The van der Waals surface area contributed by atoms with Crippen molar-refractivity contribution >= 4 is 29.0 Å². The van der Waals surface area contributed by atoms with Gasteiger partial charge in [0.1, 0.15) is 17.2 Å². The van der Waals surface area contributed by atoms with Gasteiger partial charge >= 0.3 is 0 Å². The molecule has 1 N–H and O–H groups in total. The predicted octanol–water partition coefficient (Wildman–Crippen LogP) is 4.24. The van der Waals surface area contributed by atoms with Gasteiger partial charge in [-0.25, -0.2) is 18.9 Å². The number of benzene rings is 1. The lowest BCUT2D eigenvalue weighted by molar-refractivity contribution is 0.102. The number of hydrogen-bond acceptors (Lipinski definition) is 5. The summed E-state index contributed by atoms with van der Waals surface area (Å²) in [6, 6.07) is 13.0. The first kappa shape index (κ1) is 19.8. The van der Waals surface area contributed by atoms with Crippen molar-refractivity contribution in [2.75, 3.05) is 5.32 Å². The number of nitrogens with one attached hydrogen (secondary N) is 1. The number of pyridine rings is 1. The van der Waals surface area contributed by atoms with Crippen molar-refractivity contribution < 1.29 is 9.18 Å². The van der Waals surface area contributed by atoms with Crippen molar-refractivity contribution in [1.82, 2.24) is 29.4 Å². The zero-order chi connectivity index (χ0) is 22.2. The highest BCUT2D eigenvalue weighted by Gasteiger charge is 2.16. The number of nitrogens with zero attached hydrogens (tertiary/aromatic N) is 6. The zero-order valence-corrected chi connectivity index (χ0v) is 17.5. The minimum atomic E-state index is -0.468. The molecule has 0 fully saturated rings. The summed E-state index contributed by atoms with van der Waals surface area (Å²) in [4.78, 5) is 20.8. The van der Waals surface area contributed by atoms with E-state index in [1.54, 1.807) is 45.7 Å². The van der Waals surface area contributed by atoms with Crippen LogP contribution in [0.5, 0.6) is 0 Å². The summed E-state index contributed by atoms with van der Waals surface area (Å²) in [5, 5.41) is 12.1. The Morgan fingerprint density at radius 1 is 1.06 bits per heavy atom. The lowest BCUT2D eigenvalue weighted by atomic mass is 10.1. The lowest BCUT2D eigenvalue weighted by Crippen LogP contribution is -2.14. The van der Waals surface area contributed by atoms with Crippen LogP contribution in [0.25, 0.3) is 28.2 Å². The molecule has 0 radical (unpaired) electrons. The summed E-state index contributed by atoms with van der Waals surface area (Å²) in [6.45, 7) is 0. The molecule has 8 nitrogen and oxygen atoms in total. The first-order valence-corrected chi connectivity index (χ1v) is 9.94. The maximum absolute atomic E-state index is 13.3. The van der Waals surface area contributed by atoms with Crippen LogP contribution in [0.3, 0.4) is 0 Å². The second-order valence-corrected chi connectivity index (χ2v) is 7.41. The van der Waals surface area contributed by atoms with Crippen LogP contribution in [-0.4, -0.2) is 35.3 Å². The molecule has 0 unspecified atom stereocenters. The van der Waals surface area contributed by atoms with Crippen LogP contribution in [0.15, 0.2) is 67.1 Å². The third-order valence-corrected chi connectivity index (χ3v) is 5.06. The van der Waals surface area contributed by atoms with E-state index in [0.717, 1.165) is 11.1 Å². The van der Waals surface area contributed by atoms with Crippen molar-refractivity contribution in [3.8, 4) is 22.5 Å². The standard InChI is InChI=1S/C22H15ClFN7O/c1-30-11-15(20(29-30)13-4-6-14(24)7-5-13)17-8-9-19-26-18(12-31(19)28-17)27-22(32)21-16(23)3-2-10-25-21/h2-12H,1H3,(H,27,32). The van der Waals surface area contributed by atoms with E-state index in [0.29, 0.717) is 22.9 Å². The Labute approximate surface area is 186 Å². The van der Waals surface area contributed by atoms with E-state index in [1.165, 1.54) is 18.3 Å².